The highest BCUT2D eigenvalue weighted by Crippen LogP contribution is 2.23. The molecule has 3 unspecified atom stereocenters. The van der Waals surface area contributed by atoms with Crippen molar-refractivity contribution in [3.05, 3.63) is 0 Å². The number of aliphatic hydroxyl groups excluding tert-OH is 2. The number of aliphatic hydroxyl groups is 2. The molecule has 5 nitrogen and oxygen atoms in total. The van der Waals surface area contributed by atoms with E-state index in [1.807, 2.05) is 0 Å². The van der Waals surface area contributed by atoms with E-state index >= 15 is 0 Å². The van der Waals surface area contributed by atoms with E-state index < -0.39 is 27.5 Å². The van der Waals surface area contributed by atoms with E-state index in [1.54, 1.807) is 0 Å². The molecule has 0 bridgehead atoms. The Balaban J connectivity index is 2.78. The lowest BCUT2D eigenvalue weighted by Gasteiger charge is -2.29. The molecule has 0 amide bonds. The number of hydrogen-bond donors (Lipinski definition) is 3. The van der Waals surface area contributed by atoms with Crippen molar-refractivity contribution in [3.8, 4) is 0 Å². The Labute approximate surface area is 71.2 Å². The van der Waals surface area contributed by atoms with E-state index in [0.29, 0.717) is 19.3 Å². The molecule has 0 radical (unpaired) electrons. The number of hydrogen-bond acceptors (Lipinski definition) is 4. The maximum atomic E-state index is 10.8. The van der Waals surface area contributed by atoms with Gasteiger partial charge in [0, 0.05) is 0 Å². The summed E-state index contributed by atoms with van der Waals surface area (Å²) >= 11 is 0. The van der Waals surface area contributed by atoms with E-state index in [-0.39, 0.29) is 0 Å². The fourth-order valence-corrected chi connectivity index (χ4v) is 2.54. The third-order valence-electron chi connectivity index (χ3n) is 2.19. The molecule has 72 valence electrons. The maximum absolute atomic E-state index is 10.8. The molecule has 4 N–H and O–H groups in total. The maximum Gasteiger partial charge on any atom is 0.214 e. The highest BCUT2D eigenvalue weighted by Gasteiger charge is 2.37. The van der Waals surface area contributed by atoms with Crippen LogP contribution in [0.5, 0.6) is 0 Å². The molecule has 0 aromatic rings. The average Bonchev–Trinajstić information content (AvgIpc) is 1.92. The first kappa shape index (κ1) is 9.91. The largest absolute Gasteiger partial charge is 0.390 e. The first-order valence-corrected chi connectivity index (χ1v) is 5.41. The Kier molecular flexibility index (Phi) is 2.72. The van der Waals surface area contributed by atoms with Gasteiger partial charge in [0.25, 0.3) is 0 Å². The van der Waals surface area contributed by atoms with Crippen LogP contribution in [0.25, 0.3) is 0 Å². The van der Waals surface area contributed by atoms with Gasteiger partial charge in [0.15, 0.2) is 0 Å². The van der Waals surface area contributed by atoms with Crippen LogP contribution in [0, 0.1) is 0 Å². The van der Waals surface area contributed by atoms with Gasteiger partial charge in [0.05, 0.1) is 12.2 Å². The van der Waals surface area contributed by atoms with Gasteiger partial charge in [-0.1, -0.05) is 0 Å². The highest BCUT2D eigenvalue weighted by atomic mass is 32.2. The molecular weight excluding hydrogens is 182 g/mol. The molecule has 0 saturated heterocycles. The van der Waals surface area contributed by atoms with Crippen LogP contribution in [-0.4, -0.2) is 36.1 Å². The number of sulfonamides is 1. The Hall–Kier alpha value is -0.170. The van der Waals surface area contributed by atoms with Crippen LogP contribution < -0.4 is 5.14 Å². The van der Waals surface area contributed by atoms with Crippen molar-refractivity contribution in [1.82, 2.24) is 0 Å². The van der Waals surface area contributed by atoms with Crippen LogP contribution in [0.1, 0.15) is 19.3 Å². The van der Waals surface area contributed by atoms with Crippen molar-refractivity contribution in [2.24, 2.45) is 5.14 Å². The van der Waals surface area contributed by atoms with Gasteiger partial charge in [-0.25, -0.2) is 13.6 Å². The lowest BCUT2D eigenvalue weighted by Crippen LogP contribution is -2.47. The van der Waals surface area contributed by atoms with E-state index in [1.165, 1.54) is 0 Å². The number of nitrogens with two attached hydrogens (primary N) is 1. The summed E-state index contributed by atoms with van der Waals surface area (Å²) in [5.41, 5.74) is 0. The molecule has 0 aromatic heterocycles. The minimum atomic E-state index is -3.72. The third-order valence-corrected chi connectivity index (χ3v) is 3.54. The van der Waals surface area contributed by atoms with E-state index in [4.69, 9.17) is 10.2 Å². The van der Waals surface area contributed by atoms with Gasteiger partial charge >= 0.3 is 0 Å². The summed E-state index contributed by atoms with van der Waals surface area (Å²) in [6, 6.07) is 0. The summed E-state index contributed by atoms with van der Waals surface area (Å²) < 4.78 is 21.7. The van der Waals surface area contributed by atoms with Crippen molar-refractivity contribution >= 4 is 10.0 Å². The van der Waals surface area contributed by atoms with Gasteiger partial charge in [-0.3, -0.25) is 0 Å². The summed E-state index contributed by atoms with van der Waals surface area (Å²) in [4.78, 5) is 0. The normalized spacial score (nSPS) is 38.1. The van der Waals surface area contributed by atoms with Gasteiger partial charge in [0.1, 0.15) is 5.25 Å². The van der Waals surface area contributed by atoms with Crippen molar-refractivity contribution in [2.75, 3.05) is 0 Å². The molecule has 1 fully saturated rings. The summed E-state index contributed by atoms with van der Waals surface area (Å²) in [7, 11) is -3.72. The predicted octanol–water partition coefficient (Wildman–Crippen LogP) is -1.45. The van der Waals surface area contributed by atoms with Crippen LogP contribution in [0.15, 0.2) is 0 Å². The average molecular weight is 195 g/mol. The van der Waals surface area contributed by atoms with Crippen LogP contribution in [0.4, 0.5) is 0 Å². The molecule has 0 aromatic carbocycles. The molecule has 1 rings (SSSR count). The predicted molar refractivity (Wildman–Crippen MR) is 42.8 cm³/mol. The molecule has 0 heterocycles. The quantitative estimate of drug-likeness (QED) is 0.476. The van der Waals surface area contributed by atoms with E-state index in [0.717, 1.165) is 0 Å². The fraction of sp³-hybridized carbons (Fsp3) is 1.00. The minimum Gasteiger partial charge on any atom is -0.390 e. The van der Waals surface area contributed by atoms with Gasteiger partial charge < -0.3 is 10.2 Å². The summed E-state index contributed by atoms with van der Waals surface area (Å²) in [5, 5.41) is 22.3. The zero-order chi connectivity index (χ0) is 9.35. The highest BCUT2D eigenvalue weighted by molar-refractivity contribution is 7.89. The molecule has 1 saturated carbocycles. The lowest BCUT2D eigenvalue weighted by atomic mass is 9.94. The first-order valence-electron chi connectivity index (χ1n) is 3.80. The number of rotatable bonds is 1. The Morgan fingerprint density at radius 1 is 1.25 bits per heavy atom. The van der Waals surface area contributed by atoms with Gasteiger partial charge in [-0.15, -0.1) is 0 Å². The van der Waals surface area contributed by atoms with Gasteiger partial charge in [-0.05, 0) is 19.3 Å². The van der Waals surface area contributed by atoms with Crippen molar-refractivity contribution in [3.63, 3.8) is 0 Å². The third kappa shape index (κ3) is 1.95. The molecule has 0 spiro atoms. The Bertz CT molecular complexity index is 250. The first-order chi connectivity index (χ1) is 5.43. The van der Waals surface area contributed by atoms with E-state index in [9.17, 15) is 13.5 Å². The second-order valence-corrected chi connectivity index (χ2v) is 4.90. The standard InChI is InChI=1S/C6H13NO4S/c7-12(10,11)5-3-1-2-4(8)6(5)9/h4-6,8-9H,1-3H2,(H2,7,10,11). The zero-order valence-electron chi connectivity index (χ0n) is 6.55. The van der Waals surface area contributed by atoms with Crippen LogP contribution in [0.2, 0.25) is 0 Å². The minimum absolute atomic E-state index is 0.330. The van der Waals surface area contributed by atoms with Crippen molar-refractivity contribution in [1.29, 1.82) is 0 Å². The van der Waals surface area contributed by atoms with E-state index in [2.05, 4.69) is 0 Å². The molecular formula is C6H13NO4S. The second-order valence-electron chi connectivity index (χ2n) is 3.12. The summed E-state index contributed by atoms with van der Waals surface area (Å²) in [6.45, 7) is 0. The van der Waals surface area contributed by atoms with Crippen LogP contribution in [0.3, 0.4) is 0 Å². The summed E-state index contributed by atoms with van der Waals surface area (Å²) in [5.74, 6) is 0. The zero-order valence-corrected chi connectivity index (χ0v) is 7.37. The molecule has 12 heavy (non-hydrogen) atoms. The smallest absolute Gasteiger partial charge is 0.214 e. The van der Waals surface area contributed by atoms with Crippen molar-refractivity contribution < 1.29 is 18.6 Å². The van der Waals surface area contributed by atoms with Gasteiger partial charge in [-0.2, -0.15) is 0 Å². The lowest BCUT2D eigenvalue weighted by molar-refractivity contribution is -0.00609. The molecule has 0 aliphatic heterocycles. The SMILES string of the molecule is NS(=O)(=O)C1CCCC(O)C1O. The molecule has 3 atom stereocenters. The number of primary sulfonamides is 1. The second kappa shape index (κ2) is 3.29. The Morgan fingerprint density at radius 2 is 1.83 bits per heavy atom. The van der Waals surface area contributed by atoms with Crippen LogP contribution in [-0.2, 0) is 10.0 Å². The molecule has 1 aliphatic carbocycles. The van der Waals surface area contributed by atoms with Crippen molar-refractivity contribution in [2.45, 2.75) is 36.7 Å². The fourth-order valence-electron chi connectivity index (χ4n) is 1.48. The van der Waals surface area contributed by atoms with Crippen LogP contribution >= 0.6 is 0 Å². The topological polar surface area (TPSA) is 101 Å². The summed E-state index contributed by atoms with van der Waals surface area (Å²) in [6.07, 6.45) is -0.834. The van der Waals surface area contributed by atoms with Gasteiger partial charge in [0.2, 0.25) is 10.0 Å². The molecule has 6 heteroatoms. The molecule has 1 aliphatic rings. The Morgan fingerprint density at radius 3 is 2.25 bits per heavy atom. The monoisotopic (exact) mass is 195 g/mol.